The van der Waals surface area contributed by atoms with Gasteiger partial charge in [-0.2, -0.15) is 0 Å². The molecular weight excluding hydrogens is 343 g/mol. The highest BCUT2D eigenvalue weighted by Crippen LogP contribution is 2.22. The molecular formula is C18H28I. The number of halogens is 1. The molecule has 1 unspecified atom stereocenters. The zero-order chi connectivity index (χ0) is 13.9. The van der Waals surface area contributed by atoms with Gasteiger partial charge in [-0.1, -0.05) is 70.4 Å². The fourth-order valence-corrected chi connectivity index (χ4v) is 2.79. The molecule has 0 saturated carbocycles. The second kappa shape index (κ2) is 10.7. The molecule has 1 atom stereocenters. The average Bonchev–Trinajstić information content (AvgIpc) is 2.42. The molecule has 0 nitrogen and oxygen atoms in total. The van der Waals surface area contributed by atoms with Crippen molar-refractivity contribution in [2.45, 2.75) is 70.6 Å². The summed E-state index contributed by atoms with van der Waals surface area (Å²) in [5.41, 5.74) is 1.39. The van der Waals surface area contributed by atoms with E-state index in [-0.39, 0.29) is 0 Å². The Hall–Kier alpha value is -0.0500. The maximum atomic E-state index is 4.29. The van der Waals surface area contributed by atoms with Crippen LogP contribution in [0.5, 0.6) is 0 Å². The summed E-state index contributed by atoms with van der Waals surface area (Å²) >= 11 is 2.35. The molecule has 0 fully saturated rings. The maximum Gasteiger partial charge on any atom is 0.0130 e. The van der Waals surface area contributed by atoms with Crippen LogP contribution < -0.4 is 0 Å². The number of unbranched alkanes of at least 4 members (excludes halogenated alkanes) is 7. The molecule has 0 aliphatic carbocycles. The molecule has 0 amide bonds. The number of rotatable bonds is 10. The Morgan fingerprint density at radius 3 is 2.00 bits per heavy atom. The Balaban J connectivity index is 2.04. The van der Waals surface area contributed by atoms with Gasteiger partial charge in [0.15, 0.2) is 0 Å². The summed E-state index contributed by atoms with van der Waals surface area (Å²) in [5, 5.41) is 0. The van der Waals surface area contributed by atoms with Crippen molar-refractivity contribution in [1.29, 1.82) is 0 Å². The SMILES string of the molecule is [CH2]C(CCCCCCCCCC)c1ccc(I)cc1. The summed E-state index contributed by atoms with van der Waals surface area (Å²) in [6.07, 6.45) is 12.4. The van der Waals surface area contributed by atoms with Crippen LogP contribution in [0.3, 0.4) is 0 Å². The molecule has 0 aliphatic rings. The van der Waals surface area contributed by atoms with E-state index in [1.807, 2.05) is 0 Å². The summed E-state index contributed by atoms with van der Waals surface area (Å²) in [6.45, 7) is 6.57. The van der Waals surface area contributed by atoms with Crippen LogP contribution >= 0.6 is 22.6 Å². The molecule has 19 heavy (non-hydrogen) atoms. The predicted molar refractivity (Wildman–Crippen MR) is 94.5 cm³/mol. The highest BCUT2D eigenvalue weighted by molar-refractivity contribution is 14.1. The van der Waals surface area contributed by atoms with Gasteiger partial charge in [-0.05, 0) is 59.5 Å². The summed E-state index contributed by atoms with van der Waals surface area (Å²) in [5.74, 6) is 0.470. The van der Waals surface area contributed by atoms with Crippen LogP contribution in [0, 0.1) is 10.5 Å². The van der Waals surface area contributed by atoms with Crippen LogP contribution in [0.25, 0.3) is 0 Å². The molecule has 0 spiro atoms. The van der Waals surface area contributed by atoms with E-state index in [2.05, 4.69) is 60.7 Å². The summed E-state index contributed by atoms with van der Waals surface area (Å²) in [6, 6.07) is 8.82. The molecule has 0 bridgehead atoms. The number of hydrogen-bond donors (Lipinski definition) is 0. The van der Waals surface area contributed by atoms with Crippen LogP contribution in [0.1, 0.15) is 76.2 Å². The van der Waals surface area contributed by atoms with E-state index in [1.165, 1.54) is 66.9 Å². The minimum Gasteiger partial charge on any atom is -0.0654 e. The maximum absolute atomic E-state index is 4.29. The van der Waals surface area contributed by atoms with Gasteiger partial charge in [-0.3, -0.25) is 0 Å². The molecule has 0 saturated heterocycles. The lowest BCUT2D eigenvalue weighted by Gasteiger charge is -2.11. The van der Waals surface area contributed by atoms with Crippen LogP contribution in [-0.4, -0.2) is 0 Å². The van der Waals surface area contributed by atoms with Crippen LogP contribution in [0.4, 0.5) is 0 Å². The highest BCUT2D eigenvalue weighted by Gasteiger charge is 2.04. The van der Waals surface area contributed by atoms with Crippen molar-refractivity contribution in [2.75, 3.05) is 0 Å². The lowest BCUT2D eigenvalue weighted by molar-refractivity contribution is 0.554. The van der Waals surface area contributed by atoms with Crippen molar-refractivity contribution in [2.24, 2.45) is 0 Å². The van der Waals surface area contributed by atoms with E-state index in [4.69, 9.17) is 0 Å². The normalized spacial score (nSPS) is 12.6. The Labute approximate surface area is 133 Å². The molecule has 1 heteroatoms. The first-order valence-electron chi connectivity index (χ1n) is 7.82. The van der Waals surface area contributed by atoms with E-state index in [9.17, 15) is 0 Å². The Bertz CT molecular complexity index is 315. The Kier molecular flexibility index (Phi) is 9.58. The van der Waals surface area contributed by atoms with Gasteiger partial charge >= 0.3 is 0 Å². The monoisotopic (exact) mass is 371 g/mol. The van der Waals surface area contributed by atoms with Crippen molar-refractivity contribution in [3.05, 3.63) is 40.3 Å². The van der Waals surface area contributed by atoms with Gasteiger partial charge in [0.25, 0.3) is 0 Å². The minimum atomic E-state index is 0.470. The third-order valence-electron chi connectivity index (χ3n) is 3.75. The van der Waals surface area contributed by atoms with E-state index in [1.54, 1.807) is 0 Å². The molecule has 1 radical (unpaired) electrons. The molecule has 0 aromatic heterocycles. The fourth-order valence-electron chi connectivity index (χ4n) is 2.43. The van der Waals surface area contributed by atoms with Gasteiger partial charge in [0.2, 0.25) is 0 Å². The van der Waals surface area contributed by atoms with Gasteiger partial charge < -0.3 is 0 Å². The third kappa shape index (κ3) is 7.96. The minimum absolute atomic E-state index is 0.470. The zero-order valence-corrected chi connectivity index (χ0v) is 14.5. The molecule has 1 rings (SSSR count). The fraction of sp³-hybridized carbons (Fsp3) is 0.611. The second-order valence-corrected chi connectivity index (χ2v) is 6.76. The summed E-state index contributed by atoms with van der Waals surface area (Å²) in [7, 11) is 0. The summed E-state index contributed by atoms with van der Waals surface area (Å²) < 4.78 is 1.31. The zero-order valence-electron chi connectivity index (χ0n) is 12.3. The van der Waals surface area contributed by atoms with E-state index in [0.717, 1.165) is 0 Å². The molecule has 0 heterocycles. The largest absolute Gasteiger partial charge is 0.0654 e. The quantitative estimate of drug-likeness (QED) is 0.316. The van der Waals surface area contributed by atoms with E-state index >= 15 is 0 Å². The lowest BCUT2D eigenvalue weighted by atomic mass is 9.95. The van der Waals surface area contributed by atoms with Crippen LogP contribution in [0.2, 0.25) is 0 Å². The smallest absolute Gasteiger partial charge is 0.0130 e. The predicted octanol–water partition coefficient (Wildman–Crippen LogP) is 6.74. The molecule has 1 aromatic rings. The van der Waals surface area contributed by atoms with Crippen molar-refractivity contribution in [1.82, 2.24) is 0 Å². The number of hydrogen-bond acceptors (Lipinski definition) is 0. The first kappa shape index (κ1) is 17.0. The van der Waals surface area contributed by atoms with Crippen molar-refractivity contribution < 1.29 is 0 Å². The number of benzene rings is 1. The van der Waals surface area contributed by atoms with E-state index < -0.39 is 0 Å². The van der Waals surface area contributed by atoms with E-state index in [0.29, 0.717) is 5.92 Å². The lowest BCUT2D eigenvalue weighted by Crippen LogP contribution is -1.94. The first-order valence-corrected chi connectivity index (χ1v) is 8.90. The highest BCUT2D eigenvalue weighted by atomic mass is 127. The Morgan fingerprint density at radius 2 is 1.42 bits per heavy atom. The second-order valence-electron chi connectivity index (χ2n) is 5.51. The average molecular weight is 371 g/mol. The van der Waals surface area contributed by atoms with Gasteiger partial charge in [-0.25, -0.2) is 0 Å². The van der Waals surface area contributed by atoms with Crippen molar-refractivity contribution >= 4 is 22.6 Å². The van der Waals surface area contributed by atoms with Crippen LogP contribution in [0.15, 0.2) is 24.3 Å². The first-order chi connectivity index (χ1) is 9.24. The van der Waals surface area contributed by atoms with Gasteiger partial charge in [0.1, 0.15) is 0 Å². The molecule has 1 aromatic carbocycles. The standard InChI is InChI=1S/C18H28I/c1-3-4-5-6-7-8-9-10-11-16(2)17-12-14-18(19)15-13-17/h12-16H,2-11H2,1H3. The van der Waals surface area contributed by atoms with Gasteiger partial charge in [0, 0.05) is 3.57 Å². The summed E-state index contributed by atoms with van der Waals surface area (Å²) in [4.78, 5) is 0. The van der Waals surface area contributed by atoms with Gasteiger partial charge in [-0.15, -0.1) is 0 Å². The Morgan fingerprint density at radius 1 is 0.895 bits per heavy atom. The molecule has 107 valence electrons. The van der Waals surface area contributed by atoms with Crippen molar-refractivity contribution in [3.63, 3.8) is 0 Å². The topological polar surface area (TPSA) is 0 Å². The van der Waals surface area contributed by atoms with Crippen molar-refractivity contribution in [3.8, 4) is 0 Å². The molecule has 0 N–H and O–H groups in total. The third-order valence-corrected chi connectivity index (χ3v) is 4.47. The molecule has 0 aliphatic heterocycles. The van der Waals surface area contributed by atoms with Gasteiger partial charge in [0.05, 0.1) is 0 Å². The van der Waals surface area contributed by atoms with Crippen LogP contribution in [-0.2, 0) is 0 Å².